The molecule has 0 aliphatic carbocycles. The molecule has 1 N–H and O–H groups in total. The molecule has 0 aromatic carbocycles. The average Bonchev–Trinajstić information content (AvgIpc) is 2.88. The van der Waals surface area contributed by atoms with Gasteiger partial charge >= 0.3 is 11.7 Å². The summed E-state index contributed by atoms with van der Waals surface area (Å²) in [6.45, 7) is 3.68. The van der Waals surface area contributed by atoms with Crippen LogP contribution in [0.25, 0.3) is 5.65 Å². The maximum Gasteiger partial charge on any atom is 0.350 e. The van der Waals surface area contributed by atoms with Crippen molar-refractivity contribution in [1.29, 1.82) is 0 Å². The zero-order chi connectivity index (χ0) is 16.8. The van der Waals surface area contributed by atoms with Crippen molar-refractivity contribution in [3.8, 4) is 0 Å². The van der Waals surface area contributed by atoms with Gasteiger partial charge in [-0.05, 0) is 18.6 Å². The molecule has 0 fully saturated rings. The van der Waals surface area contributed by atoms with E-state index in [0.717, 1.165) is 0 Å². The number of carbonyl (C=O) groups excluding carboxylic acids is 2. The van der Waals surface area contributed by atoms with Crippen molar-refractivity contribution in [3.05, 3.63) is 34.9 Å². The number of carbonyl (C=O) groups is 2. The Balaban J connectivity index is 1.80. The van der Waals surface area contributed by atoms with Crippen LogP contribution in [0, 0.1) is 5.92 Å². The molecule has 0 saturated carbocycles. The molecule has 8 nitrogen and oxygen atoms in total. The lowest BCUT2D eigenvalue weighted by Gasteiger charge is -2.09. The highest BCUT2D eigenvalue weighted by molar-refractivity contribution is 5.83. The molecule has 124 valence electrons. The number of aromatic nitrogens is 3. The quantitative estimate of drug-likeness (QED) is 0.736. The van der Waals surface area contributed by atoms with Crippen LogP contribution in [0.5, 0.6) is 0 Å². The van der Waals surface area contributed by atoms with E-state index in [0.29, 0.717) is 12.1 Å². The normalized spacial score (nSPS) is 12.1. The molecule has 0 spiro atoms. The molecule has 0 bridgehead atoms. The number of rotatable bonds is 7. The number of hydrogen-bond donors (Lipinski definition) is 1. The van der Waals surface area contributed by atoms with E-state index >= 15 is 0 Å². The van der Waals surface area contributed by atoms with Crippen molar-refractivity contribution in [3.63, 3.8) is 0 Å². The zero-order valence-electron chi connectivity index (χ0n) is 13.2. The van der Waals surface area contributed by atoms with Gasteiger partial charge in [0.2, 0.25) is 5.91 Å². The minimum atomic E-state index is -0.543. The van der Waals surface area contributed by atoms with Gasteiger partial charge in [0.1, 0.15) is 13.2 Å². The van der Waals surface area contributed by atoms with Crippen LogP contribution >= 0.6 is 0 Å². The van der Waals surface area contributed by atoms with E-state index in [9.17, 15) is 14.4 Å². The van der Waals surface area contributed by atoms with Gasteiger partial charge in [0.15, 0.2) is 5.65 Å². The molecule has 23 heavy (non-hydrogen) atoms. The summed E-state index contributed by atoms with van der Waals surface area (Å²) < 4.78 is 7.65. The highest BCUT2D eigenvalue weighted by Gasteiger charge is 2.12. The first-order valence-electron chi connectivity index (χ1n) is 7.50. The fourth-order valence-corrected chi connectivity index (χ4v) is 1.93. The SMILES string of the molecule is CCC(C)C(=O)NCC(=O)OCCn1nc2ccccn2c1=O. The van der Waals surface area contributed by atoms with Crippen molar-refractivity contribution >= 4 is 17.5 Å². The summed E-state index contributed by atoms with van der Waals surface area (Å²) in [5.41, 5.74) is 0.242. The number of esters is 1. The van der Waals surface area contributed by atoms with E-state index < -0.39 is 5.97 Å². The highest BCUT2D eigenvalue weighted by Crippen LogP contribution is 1.99. The van der Waals surface area contributed by atoms with Crippen LogP contribution in [-0.4, -0.2) is 39.2 Å². The maximum absolute atomic E-state index is 12.0. The molecule has 2 heterocycles. The van der Waals surface area contributed by atoms with Crippen LogP contribution in [-0.2, 0) is 20.9 Å². The molecule has 2 aromatic rings. The average molecular weight is 320 g/mol. The fraction of sp³-hybridized carbons (Fsp3) is 0.467. The minimum Gasteiger partial charge on any atom is -0.462 e. The van der Waals surface area contributed by atoms with Gasteiger partial charge < -0.3 is 10.1 Å². The molecule has 0 radical (unpaired) electrons. The molecule has 1 amide bonds. The molecular formula is C15H20N4O4. The first kappa shape index (κ1) is 16.7. The summed E-state index contributed by atoms with van der Waals surface area (Å²) in [4.78, 5) is 35.1. The summed E-state index contributed by atoms with van der Waals surface area (Å²) in [7, 11) is 0. The van der Waals surface area contributed by atoms with E-state index in [1.54, 1.807) is 31.3 Å². The molecule has 0 aliphatic heterocycles. The van der Waals surface area contributed by atoms with Gasteiger partial charge in [-0.2, -0.15) is 0 Å². The molecule has 2 rings (SSSR count). The molecular weight excluding hydrogens is 300 g/mol. The maximum atomic E-state index is 12.0. The Morgan fingerprint density at radius 2 is 2.17 bits per heavy atom. The summed E-state index contributed by atoms with van der Waals surface area (Å²) in [5, 5.41) is 6.64. The summed E-state index contributed by atoms with van der Waals surface area (Å²) in [6.07, 6.45) is 2.33. The molecule has 1 unspecified atom stereocenters. The van der Waals surface area contributed by atoms with Crippen molar-refractivity contribution in [2.24, 2.45) is 5.92 Å². The van der Waals surface area contributed by atoms with Crippen LogP contribution in [0.1, 0.15) is 20.3 Å². The second-order valence-corrected chi connectivity index (χ2v) is 5.18. The third-order valence-corrected chi connectivity index (χ3v) is 3.52. The Labute approximate surface area is 133 Å². The number of nitrogens with zero attached hydrogens (tertiary/aromatic N) is 3. The van der Waals surface area contributed by atoms with Gasteiger partial charge in [-0.25, -0.2) is 9.48 Å². The number of nitrogens with one attached hydrogen (secondary N) is 1. The largest absolute Gasteiger partial charge is 0.462 e. The molecule has 1 atom stereocenters. The summed E-state index contributed by atoms with van der Waals surface area (Å²) in [6, 6.07) is 5.24. The van der Waals surface area contributed by atoms with E-state index in [2.05, 4.69) is 10.4 Å². The third-order valence-electron chi connectivity index (χ3n) is 3.52. The summed E-state index contributed by atoms with van der Waals surface area (Å²) >= 11 is 0. The van der Waals surface area contributed by atoms with Crippen molar-refractivity contribution < 1.29 is 14.3 Å². The van der Waals surface area contributed by atoms with Gasteiger partial charge in [0, 0.05) is 12.1 Å². The molecule has 0 aliphatic rings. The highest BCUT2D eigenvalue weighted by atomic mass is 16.5. The summed E-state index contributed by atoms with van der Waals surface area (Å²) in [5.74, 6) is -0.862. The first-order valence-corrected chi connectivity index (χ1v) is 7.50. The van der Waals surface area contributed by atoms with E-state index in [4.69, 9.17) is 4.74 Å². The topological polar surface area (TPSA) is 94.7 Å². The Morgan fingerprint density at radius 1 is 1.39 bits per heavy atom. The van der Waals surface area contributed by atoms with Gasteiger partial charge in [-0.3, -0.25) is 14.0 Å². The Hall–Kier alpha value is -2.64. The Morgan fingerprint density at radius 3 is 2.87 bits per heavy atom. The third kappa shape index (κ3) is 4.18. The molecule has 8 heteroatoms. The van der Waals surface area contributed by atoms with Gasteiger partial charge in [0.05, 0.1) is 6.54 Å². The van der Waals surface area contributed by atoms with Crippen LogP contribution in [0.4, 0.5) is 0 Å². The second kappa shape index (κ2) is 7.57. The number of ether oxygens (including phenoxy) is 1. The number of pyridine rings is 1. The fourth-order valence-electron chi connectivity index (χ4n) is 1.93. The molecule has 0 saturated heterocycles. The monoisotopic (exact) mass is 320 g/mol. The predicted octanol–water partition coefficient (Wildman–Crippen LogP) is 0.201. The van der Waals surface area contributed by atoms with Gasteiger partial charge in [-0.15, -0.1) is 5.10 Å². The van der Waals surface area contributed by atoms with Crippen molar-refractivity contribution in [2.45, 2.75) is 26.8 Å². The van der Waals surface area contributed by atoms with Crippen LogP contribution < -0.4 is 11.0 Å². The Kier molecular flexibility index (Phi) is 5.51. The lowest BCUT2D eigenvalue weighted by atomic mass is 10.1. The van der Waals surface area contributed by atoms with Gasteiger partial charge in [0.25, 0.3) is 0 Å². The van der Waals surface area contributed by atoms with Gasteiger partial charge in [-0.1, -0.05) is 19.9 Å². The lowest BCUT2D eigenvalue weighted by molar-refractivity contribution is -0.144. The number of fused-ring (bicyclic) bond motifs is 1. The zero-order valence-corrected chi connectivity index (χ0v) is 13.2. The van der Waals surface area contributed by atoms with Crippen LogP contribution in [0.3, 0.4) is 0 Å². The van der Waals surface area contributed by atoms with Crippen LogP contribution in [0.15, 0.2) is 29.2 Å². The number of amides is 1. The Bertz CT molecular complexity index is 749. The van der Waals surface area contributed by atoms with E-state index in [1.165, 1.54) is 9.08 Å². The lowest BCUT2D eigenvalue weighted by Crippen LogP contribution is -2.34. The van der Waals surface area contributed by atoms with Crippen molar-refractivity contribution in [1.82, 2.24) is 19.5 Å². The standard InChI is InChI=1S/C15H20N4O4/c1-3-11(2)14(21)16-10-13(20)23-9-8-19-15(22)18-7-5-4-6-12(18)17-19/h4-7,11H,3,8-10H2,1-2H3,(H,16,21). The minimum absolute atomic E-state index is 0.0157. The molecule has 2 aromatic heterocycles. The number of hydrogen-bond acceptors (Lipinski definition) is 5. The smallest absolute Gasteiger partial charge is 0.350 e. The van der Waals surface area contributed by atoms with Crippen LogP contribution in [0.2, 0.25) is 0 Å². The predicted molar refractivity (Wildman–Crippen MR) is 82.9 cm³/mol. The second-order valence-electron chi connectivity index (χ2n) is 5.18. The van der Waals surface area contributed by atoms with E-state index in [-0.39, 0.29) is 37.2 Å². The van der Waals surface area contributed by atoms with Crippen molar-refractivity contribution in [2.75, 3.05) is 13.2 Å². The van der Waals surface area contributed by atoms with E-state index in [1.807, 2.05) is 6.92 Å². The first-order chi connectivity index (χ1) is 11.0.